The van der Waals surface area contributed by atoms with Crippen LogP contribution in [0.2, 0.25) is 0 Å². The largest absolute Gasteiger partial charge is 0.496 e. The number of carbonyl (C=O) groups is 2. The average Bonchev–Trinajstić information content (AvgIpc) is 3.04. The zero-order valence-corrected chi connectivity index (χ0v) is 17.1. The van der Waals surface area contributed by atoms with Crippen LogP contribution in [0.1, 0.15) is 48.3 Å². The normalized spacial score (nSPS) is 18.7. The first-order valence-corrected chi connectivity index (χ1v) is 10.0. The van der Waals surface area contributed by atoms with Crippen molar-refractivity contribution in [1.29, 1.82) is 0 Å². The first-order valence-electron chi connectivity index (χ1n) is 10.0. The molecule has 29 heavy (non-hydrogen) atoms. The van der Waals surface area contributed by atoms with E-state index in [1.165, 1.54) is 0 Å². The topological polar surface area (TPSA) is 75.6 Å². The maximum atomic E-state index is 12.8. The van der Waals surface area contributed by atoms with Crippen LogP contribution in [0.5, 0.6) is 5.75 Å². The van der Waals surface area contributed by atoms with Crippen molar-refractivity contribution in [1.82, 2.24) is 14.9 Å². The molecule has 2 amide bonds. The molecular weight excluding hydrogens is 368 g/mol. The molecule has 1 aromatic heterocycles. The number of ether oxygens (including phenoxy) is 1. The maximum absolute atomic E-state index is 12.8. The summed E-state index contributed by atoms with van der Waals surface area (Å²) in [5.41, 5.74) is 2.68. The molecule has 2 aliphatic heterocycles. The van der Waals surface area contributed by atoms with Crippen LogP contribution < -0.4 is 9.64 Å². The van der Waals surface area contributed by atoms with Crippen molar-refractivity contribution in [3.05, 3.63) is 46.9 Å². The molecule has 0 saturated carbocycles. The monoisotopic (exact) mass is 394 g/mol. The minimum atomic E-state index is 0.0227. The van der Waals surface area contributed by atoms with Gasteiger partial charge in [0.1, 0.15) is 17.4 Å². The van der Waals surface area contributed by atoms with Gasteiger partial charge in [0.05, 0.1) is 20.1 Å². The highest BCUT2D eigenvalue weighted by atomic mass is 16.5. The van der Waals surface area contributed by atoms with Crippen molar-refractivity contribution < 1.29 is 14.3 Å². The lowest BCUT2D eigenvalue weighted by molar-refractivity contribution is -0.130. The molecule has 0 radical (unpaired) electrons. The third-order valence-corrected chi connectivity index (χ3v) is 5.85. The third kappa shape index (κ3) is 3.69. The summed E-state index contributed by atoms with van der Waals surface area (Å²) in [6, 6.07) is 7.71. The van der Waals surface area contributed by atoms with Gasteiger partial charge in [-0.3, -0.25) is 14.5 Å². The van der Waals surface area contributed by atoms with Gasteiger partial charge in [-0.2, -0.15) is 0 Å². The van der Waals surface area contributed by atoms with Crippen molar-refractivity contribution >= 4 is 17.6 Å². The van der Waals surface area contributed by atoms with Crippen LogP contribution in [0.15, 0.2) is 24.3 Å². The molecule has 2 aromatic rings. The molecular formula is C22H26N4O3. The Hall–Kier alpha value is -2.96. The molecule has 3 heterocycles. The molecule has 0 N–H and O–H groups in total. The Morgan fingerprint density at radius 2 is 2.07 bits per heavy atom. The molecule has 152 valence electrons. The summed E-state index contributed by atoms with van der Waals surface area (Å²) in [5, 5.41) is 0. The number of methoxy groups -OCH3 is 1. The van der Waals surface area contributed by atoms with Gasteiger partial charge in [-0.15, -0.1) is 0 Å². The Labute approximate surface area is 170 Å². The minimum absolute atomic E-state index is 0.0227. The second-order valence-corrected chi connectivity index (χ2v) is 7.74. The Bertz CT molecular complexity index is 959. The fourth-order valence-corrected chi connectivity index (χ4v) is 4.22. The number of nitrogens with zero attached hydrogens (tertiary/aromatic N) is 4. The van der Waals surface area contributed by atoms with Gasteiger partial charge in [0.2, 0.25) is 11.8 Å². The second kappa shape index (κ2) is 7.81. The van der Waals surface area contributed by atoms with E-state index in [1.54, 1.807) is 18.9 Å². The molecule has 4 rings (SSSR count). The van der Waals surface area contributed by atoms with Crippen molar-refractivity contribution in [3.8, 4) is 5.75 Å². The molecule has 7 nitrogen and oxygen atoms in total. The maximum Gasteiger partial charge on any atom is 0.233 e. The first kappa shape index (κ1) is 19.4. The third-order valence-electron chi connectivity index (χ3n) is 5.85. The standard InChI is InChI=1S/C22H26N4O3/c1-14-18-11-20(28)26(13-16-7-4-5-9-19(16)29-3)22(18)24-21(23-14)17-8-6-10-25(12-17)15(2)27/h4-5,7,9,17H,6,8,10-13H2,1-3H3. The molecule has 1 saturated heterocycles. The number of carbonyl (C=O) groups excluding carboxylic acids is 2. The van der Waals surface area contributed by atoms with E-state index in [0.717, 1.165) is 47.8 Å². The molecule has 0 bridgehead atoms. The highest BCUT2D eigenvalue weighted by molar-refractivity contribution is 6.00. The van der Waals surface area contributed by atoms with Crippen LogP contribution >= 0.6 is 0 Å². The van der Waals surface area contributed by atoms with Crippen LogP contribution in [0.25, 0.3) is 0 Å². The zero-order chi connectivity index (χ0) is 20.5. The Balaban J connectivity index is 1.66. The zero-order valence-electron chi connectivity index (χ0n) is 17.1. The van der Waals surface area contributed by atoms with Gasteiger partial charge >= 0.3 is 0 Å². The molecule has 1 unspecified atom stereocenters. The van der Waals surface area contributed by atoms with Crippen LogP contribution in [-0.4, -0.2) is 46.9 Å². The van der Waals surface area contributed by atoms with Crippen LogP contribution in [0.4, 0.5) is 5.82 Å². The van der Waals surface area contributed by atoms with Crippen LogP contribution in [0, 0.1) is 6.92 Å². The fraction of sp³-hybridized carbons (Fsp3) is 0.455. The van der Waals surface area contributed by atoms with E-state index < -0.39 is 0 Å². The molecule has 1 atom stereocenters. The number of aryl methyl sites for hydroxylation is 1. The number of piperidine rings is 1. The summed E-state index contributed by atoms with van der Waals surface area (Å²) in [6.07, 6.45) is 2.21. The lowest BCUT2D eigenvalue weighted by Gasteiger charge is -2.31. The van der Waals surface area contributed by atoms with Crippen molar-refractivity contribution in [2.75, 3.05) is 25.1 Å². The number of amides is 2. The predicted octanol–water partition coefficient (Wildman–Crippen LogP) is 2.61. The number of aromatic nitrogens is 2. The molecule has 2 aliphatic rings. The van der Waals surface area contributed by atoms with Gasteiger partial charge in [0.15, 0.2) is 0 Å². The van der Waals surface area contributed by atoms with Gasteiger partial charge in [-0.25, -0.2) is 9.97 Å². The van der Waals surface area contributed by atoms with Crippen LogP contribution in [0.3, 0.4) is 0 Å². The minimum Gasteiger partial charge on any atom is -0.496 e. The number of hydrogen-bond acceptors (Lipinski definition) is 5. The van der Waals surface area contributed by atoms with Crippen molar-refractivity contribution in [3.63, 3.8) is 0 Å². The highest BCUT2D eigenvalue weighted by Crippen LogP contribution is 2.34. The molecule has 7 heteroatoms. The number of rotatable bonds is 4. The summed E-state index contributed by atoms with van der Waals surface area (Å²) < 4.78 is 5.45. The predicted molar refractivity (Wildman–Crippen MR) is 109 cm³/mol. The smallest absolute Gasteiger partial charge is 0.233 e. The fourth-order valence-electron chi connectivity index (χ4n) is 4.22. The molecule has 0 aliphatic carbocycles. The Morgan fingerprint density at radius 3 is 2.83 bits per heavy atom. The van der Waals surface area contributed by atoms with E-state index in [0.29, 0.717) is 25.3 Å². The number of hydrogen-bond donors (Lipinski definition) is 0. The van der Waals surface area contributed by atoms with E-state index in [1.807, 2.05) is 36.1 Å². The van der Waals surface area contributed by atoms with E-state index in [4.69, 9.17) is 14.7 Å². The number of anilines is 1. The molecule has 1 aromatic carbocycles. The summed E-state index contributed by atoms with van der Waals surface area (Å²) in [7, 11) is 1.63. The van der Waals surface area contributed by atoms with Gasteiger partial charge < -0.3 is 9.64 Å². The van der Waals surface area contributed by atoms with Crippen LogP contribution in [-0.2, 0) is 22.6 Å². The number of benzene rings is 1. The summed E-state index contributed by atoms with van der Waals surface area (Å²) >= 11 is 0. The quantitative estimate of drug-likeness (QED) is 0.797. The number of fused-ring (bicyclic) bond motifs is 1. The Kier molecular flexibility index (Phi) is 5.22. The van der Waals surface area contributed by atoms with Crippen molar-refractivity contribution in [2.24, 2.45) is 0 Å². The van der Waals surface area contributed by atoms with Crippen molar-refractivity contribution in [2.45, 2.75) is 45.6 Å². The van der Waals surface area contributed by atoms with Gasteiger partial charge in [-0.1, -0.05) is 18.2 Å². The van der Waals surface area contributed by atoms with Gasteiger partial charge in [-0.05, 0) is 25.8 Å². The highest BCUT2D eigenvalue weighted by Gasteiger charge is 2.34. The van der Waals surface area contributed by atoms with E-state index in [2.05, 4.69) is 0 Å². The molecule has 0 spiro atoms. The van der Waals surface area contributed by atoms with E-state index in [-0.39, 0.29) is 17.7 Å². The molecule has 1 fully saturated rings. The lowest BCUT2D eigenvalue weighted by atomic mass is 9.96. The Morgan fingerprint density at radius 1 is 1.28 bits per heavy atom. The lowest BCUT2D eigenvalue weighted by Crippen LogP contribution is -2.38. The van der Waals surface area contributed by atoms with Gasteiger partial charge in [0, 0.05) is 42.8 Å². The van der Waals surface area contributed by atoms with Gasteiger partial charge in [0.25, 0.3) is 0 Å². The first-order chi connectivity index (χ1) is 14.0. The second-order valence-electron chi connectivity index (χ2n) is 7.74. The summed E-state index contributed by atoms with van der Waals surface area (Å²) in [5.74, 6) is 2.38. The number of para-hydroxylation sites is 1. The average molecular weight is 394 g/mol. The van der Waals surface area contributed by atoms with E-state index in [9.17, 15) is 9.59 Å². The summed E-state index contributed by atoms with van der Waals surface area (Å²) in [6.45, 7) is 5.37. The summed E-state index contributed by atoms with van der Waals surface area (Å²) in [4.78, 5) is 37.7. The SMILES string of the molecule is COc1ccccc1CN1C(=O)Cc2c(C)nc(C3CCCN(C(C)=O)C3)nc21. The van der Waals surface area contributed by atoms with E-state index >= 15 is 0 Å². The number of likely N-dealkylation sites (tertiary alicyclic amines) is 1.